The van der Waals surface area contributed by atoms with Crippen molar-refractivity contribution < 1.29 is 9.32 Å². The van der Waals surface area contributed by atoms with Crippen LogP contribution >= 0.6 is 11.3 Å². The third-order valence-electron chi connectivity index (χ3n) is 3.82. The number of thiophene rings is 1. The SMILES string of the molecule is Cc1cccnc1[C@H](Cc1ccsc1)NC(=O)CCc1ccno1. The Bertz CT molecular complexity index is 769. The molecule has 5 nitrogen and oxygen atoms in total. The molecule has 1 atom stereocenters. The zero-order valence-electron chi connectivity index (χ0n) is 13.4. The van der Waals surface area contributed by atoms with E-state index in [1.54, 1.807) is 29.8 Å². The first-order valence-corrected chi connectivity index (χ1v) is 8.78. The lowest BCUT2D eigenvalue weighted by Gasteiger charge is -2.19. The van der Waals surface area contributed by atoms with Crippen LogP contribution in [0.25, 0.3) is 0 Å². The standard InChI is InChI=1S/C18H19N3O2S/c1-13-3-2-8-19-18(13)16(11-14-7-10-24-12-14)21-17(22)5-4-15-6-9-20-23-15/h2-3,6-10,12,16H,4-5,11H2,1H3,(H,21,22)/t16-/m0/s1. The van der Waals surface area contributed by atoms with E-state index in [0.29, 0.717) is 18.6 Å². The summed E-state index contributed by atoms with van der Waals surface area (Å²) in [6.07, 6.45) is 4.99. The second kappa shape index (κ2) is 7.88. The van der Waals surface area contributed by atoms with Gasteiger partial charge in [-0.3, -0.25) is 9.78 Å². The van der Waals surface area contributed by atoms with Crippen molar-refractivity contribution in [1.82, 2.24) is 15.5 Å². The topological polar surface area (TPSA) is 68.0 Å². The lowest BCUT2D eigenvalue weighted by atomic mass is 10.0. The van der Waals surface area contributed by atoms with Crippen molar-refractivity contribution in [3.8, 4) is 0 Å². The molecular formula is C18H19N3O2S. The molecule has 3 heterocycles. The van der Waals surface area contributed by atoms with Gasteiger partial charge in [0, 0.05) is 25.1 Å². The first-order chi connectivity index (χ1) is 11.7. The Kier molecular flexibility index (Phi) is 5.38. The van der Waals surface area contributed by atoms with Gasteiger partial charge in [-0.05, 0) is 47.4 Å². The second-order valence-electron chi connectivity index (χ2n) is 5.64. The number of aromatic nitrogens is 2. The monoisotopic (exact) mass is 341 g/mol. The van der Waals surface area contributed by atoms with Crippen LogP contribution in [-0.4, -0.2) is 16.0 Å². The Balaban J connectivity index is 1.69. The minimum atomic E-state index is -0.136. The van der Waals surface area contributed by atoms with Crippen LogP contribution in [-0.2, 0) is 17.6 Å². The maximum absolute atomic E-state index is 12.4. The van der Waals surface area contributed by atoms with Gasteiger partial charge in [0.15, 0.2) is 0 Å². The van der Waals surface area contributed by atoms with E-state index in [1.807, 2.05) is 24.4 Å². The van der Waals surface area contributed by atoms with Crippen molar-refractivity contribution in [2.24, 2.45) is 0 Å². The molecule has 0 bridgehead atoms. The maximum Gasteiger partial charge on any atom is 0.220 e. The van der Waals surface area contributed by atoms with Crippen LogP contribution < -0.4 is 5.32 Å². The highest BCUT2D eigenvalue weighted by Gasteiger charge is 2.19. The Hall–Kier alpha value is -2.47. The molecule has 3 rings (SSSR count). The van der Waals surface area contributed by atoms with E-state index in [0.717, 1.165) is 17.7 Å². The fraction of sp³-hybridized carbons (Fsp3) is 0.278. The third-order valence-corrected chi connectivity index (χ3v) is 4.56. The van der Waals surface area contributed by atoms with Crippen molar-refractivity contribution in [2.45, 2.75) is 32.2 Å². The molecule has 3 aromatic heterocycles. The van der Waals surface area contributed by atoms with E-state index < -0.39 is 0 Å². The average Bonchev–Trinajstić information content (AvgIpc) is 3.26. The molecule has 124 valence electrons. The molecule has 0 fully saturated rings. The molecule has 0 radical (unpaired) electrons. The molecule has 0 saturated carbocycles. The van der Waals surface area contributed by atoms with Gasteiger partial charge in [-0.15, -0.1) is 0 Å². The van der Waals surface area contributed by atoms with Crippen molar-refractivity contribution in [2.75, 3.05) is 0 Å². The summed E-state index contributed by atoms with van der Waals surface area (Å²) in [5.41, 5.74) is 3.19. The Morgan fingerprint density at radius 2 is 2.25 bits per heavy atom. The molecule has 0 saturated heterocycles. The fourth-order valence-electron chi connectivity index (χ4n) is 2.60. The first-order valence-electron chi connectivity index (χ1n) is 7.84. The molecule has 0 aromatic carbocycles. The average molecular weight is 341 g/mol. The molecule has 3 aromatic rings. The van der Waals surface area contributed by atoms with E-state index in [4.69, 9.17) is 4.52 Å². The summed E-state index contributed by atoms with van der Waals surface area (Å²) in [4.78, 5) is 16.8. The van der Waals surface area contributed by atoms with Gasteiger partial charge in [-0.25, -0.2) is 0 Å². The number of carbonyl (C=O) groups excluding carboxylic acids is 1. The quantitative estimate of drug-likeness (QED) is 0.714. The van der Waals surface area contributed by atoms with Gasteiger partial charge >= 0.3 is 0 Å². The van der Waals surface area contributed by atoms with Crippen LogP contribution in [0.4, 0.5) is 0 Å². The summed E-state index contributed by atoms with van der Waals surface area (Å²) in [7, 11) is 0. The predicted molar refractivity (Wildman–Crippen MR) is 92.7 cm³/mol. The Morgan fingerprint density at radius 3 is 2.96 bits per heavy atom. The highest BCUT2D eigenvalue weighted by Crippen LogP contribution is 2.21. The van der Waals surface area contributed by atoms with Crippen molar-refractivity contribution in [1.29, 1.82) is 0 Å². The predicted octanol–water partition coefficient (Wildman–Crippen LogP) is 3.47. The third kappa shape index (κ3) is 4.29. The minimum Gasteiger partial charge on any atom is -0.361 e. The Morgan fingerprint density at radius 1 is 1.33 bits per heavy atom. The minimum absolute atomic E-state index is 0.0170. The number of hydrogen-bond acceptors (Lipinski definition) is 5. The van der Waals surface area contributed by atoms with Crippen molar-refractivity contribution in [3.63, 3.8) is 0 Å². The molecule has 0 aliphatic rings. The largest absolute Gasteiger partial charge is 0.361 e. The number of rotatable bonds is 7. The van der Waals surface area contributed by atoms with Gasteiger partial charge in [0.25, 0.3) is 0 Å². The number of hydrogen-bond donors (Lipinski definition) is 1. The van der Waals surface area contributed by atoms with Crippen LogP contribution in [0.5, 0.6) is 0 Å². The summed E-state index contributed by atoms with van der Waals surface area (Å²) >= 11 is 1.66. The molecule has 0 spiro atoms. The van der Waals surface area contributed by atoms with E-state index in [9.17, 15) is 4.79 Å². The van der Waals surface area contributed by atoms with E-state index in [2.05, 4.69) is 26.9 Å². The zero-order valence-corrected chi connectivity index (χ0v) is 14.3. The summed E-state index contributed by atoms with van der Waals surface area (Å²) < 4.78 is 5.04. The number of carbonyl (C=O) groups is 1. The molecule has 0 aliphatic carbocycles. The van der Waals surface area contributed by atoms with Gasteiger partial charge in [0.2, 0.25) is 5.91 Å². The molecule has 6 heteroatoms. The molecule has 24 heavy (non-hydrogen) atoms. The van der Waals surface area contributed by atoms with Crippen LogP contribution in [0.2, 0.25) is 0 Å². The van der Waals surface area contributed by atoms with E-state index in [1.165, 1.54) is 5.56 Å². The van der Waals surface area contributed by atoms with Crippen molar-refractivity contribution in [3.05, 3.63) is 70.0 Å². The van der Waals surface area contributed by atoms with Crippen LogP contribution in [0.3, 0.4) is 0 Å². The second-order valence-corrected chi connectivity index (χ2v) is 6.42. The van der Waals surface area contributed by atoms with Gasteiger partial charge in [-0.2, -0.15) is 11.3 Å². The Labute approximate surface area is 144 Å². The fourth-order valence-corrected chi connectivity index (χ4v) is 3.28. The number of amides is 1. The van der Waals surface area contributed by atoms with Crippen molar-refractivity contribution >= 4 is 17.2 Å². The molecular weight excluding hydrogens is 322 g/mol. The lowest BCUT2D eigenvalue weighted by Crippen LogP contribution is -2.31. The van der Waals surface area contributed by atoms with E-state index in [-0.39, 0.29) is 11.9 Å². The highest BCUT2D eigenvalue weighted by atomic mass is 32.1. The highest BCUT2D eigenvalue weighted by molar-refractivity contribution is 7.07. The smallest absolute Gasteiger partial charge is 0.220 e. The van der Waals surface area contributed by atoms with Crippen LogP contribution in [0.15, 0.2) is 51.9 Å². The molecule has 0 unspecified atom stereocenters. The van der Waals surface area contributed by atoms with E-state index >= 15 is 0 Å². The number of nitrogens with one attached hydrogen (secondary N) is 1. The summed E-state index contributed by atoms with van der Waals surface area (Å²) in [6, 6.07) is 7.65. The summed E-state index contributed by atoms with van der Waals surface area (Å²) in [5.74, 6) is 0.699. The molecule has 1 amide bonds. The molecule has 0 aliphatic heterocycles. The van der Waals surface area contributed by atoms with Gasteiger partial charge in [-0.1, -0.05) is 11.2 Å². The molecule has 1 N–H and O–H groups in total. The van der Waals surface area contributed by atoms with Gasteiger partial charge in [0.05, 0.1) is 17.9 Å². The van der Waals surface area contributed by atoms with Crippen LogP contribution in [0.1, 0.15) is 35.0 Å². The zero-order chi connectivity index (χ0) is 16.8. The number of pyridine rings is 1. The van der Waals surface area contributed by atoms with Crippen LogP contribution in [0, 0.1) is 6.92 Å². The summed E-state index contributed by atoms with van der Waals surface area (Å²) in [6.45, 7) is 2.02. The first kappa shape index (κ1) is 16.4. The maximum atomic E-state index is 12.4. The normalized spacial score (nSPS) is 12.0. The lowest BCUT2D eigenvalue weighted by molar-refractivity contribution is -0.121. The van der Waals surface area contributed by atoms with Gasteiger partial charge < -0.3 is 9.84 Å². The number of aryl methyl sites for hydroxylation is 2. The van der Waals surface area contributed by atoms with Gasteiger partial charge in [0.1, 0.15) is 5.76 Å². The summed E-state index contributed by atoms with van der Waals surface area (Å²) in [5, 5.41) is 10.9. The number of nitrogens with zero attached hydrogens (tertiary/aromatic N) is 2.